The van der Waals surface area contributed by atoms with Crippen LogP contribution in [-0.4, -0.2) is 22.5 Å². The Morgan fingerprint density at radius 2 is 1.90 bits per heavy atom. The van der Waals surface area contributed by atoms with Crippen LogP contribution in [0.3, 0.4) is 0 Å². The van der Waals surface area contributed by atoms with Crippen LogP contribution < -0.4 is 0 Å². The average Bonchev–Trinajstić information content (AvgIpc) is 2.48. The smallest absolute Gasteiger partial charge is 0.0480 e. The molecule has 0 bridgehead atoms. The van der Waals surface area contributed by atoms with Gasteiger partial charge < -0.3 is 4.74 Å². The van der Waals surface area contributed by atoms with E-state index in [1.54, 1.807) is 12.1 Å². The molecule has 0 saturated carbocycles. The quantitative estimate of drug-likeness (QED) is 0.475. The molecule has 0 amide bonds. The molecule has 2 rings (SSSR count). The number of benzene rings is 1. The standard InChI is InChI=1S/C17H26BrOSi/c1-19-11-2-12-20-13-9-16(10-14-20)4-3-15-5-7-17(18)8-6-15/h5-8,16H,2-4,9-14H2,1H3. The number of hydrogen-bond acceptors (Lipinski definition) is 1. The third-order valence-corrected chi connectivity index (χ3v) is 8.03. The topological polar surface area (TPSA) is 9.23 Å². The molecule has 1 aromatic rings. The molecule has 0 atom stereocenters. The molecular formula is C17H26BrOSi. The third kappa shape index (κ3) is 5.70. The molecule has 1 aliphatic rings. The Hall–Kier alpha value is -0.123. The third-order valence-electron chi connectivity index (χ3n) is 4.45. The lowest BCUT2D eigenvalue weighted by atomic mass is 9.94. The second-order valence-electron chi connectivity index (χ2n) is 5.95. The fourth-order valence-corrected chi connectivity index (χ4v) is 6.40. The first-order valence-electron chi connectivity index (χ1n) is 7.85. The SMILES string of the molecule is COCCC[Si]1CCC(CCc2ccc(Br)cc2)CC1. The normalized spacial score (nSPS) is 17.5. The molecule has 1 aromatic carbocycles. The highest BCUT2D eigenvalue weighted by molar-refractivity contribution is 9.10. The first kappa shape index (κ1) is 16.3. The summed E-state index contributed by atoms with van der Waals surface area (Å²) in [5.74, 6) is 0.981. The number of halogens is 1. The summed E-state index contributed by atoms with van der Waals surface area (Å²) >= 11 is 3.50. The van der Waals surface area contributed by atoms with Crippen LogP contribution in [0.2, 0.25) is 18.1 Å². The van der Waals surface area contributed by atoms with E-state index < -0.39 is 0 Å². The van der Waals surface area contributed by atoms with Gasteiger partial charge in [0, 0.05) is 27.0 Å². The molecule has 0 aromatic heterocycles. The van der Waals surface area contributed by atoms with E-state index in [2.05, 4.69) is 40.2 Å². The van der Waals surface area contributed by atoms with Crippen molar-refractivity contribution in [2.24, 2.45) is 5.92 Å². The van der Waals surface area contributed by atoms with E-state index in [-0.39, 0.29) is 8.80 Å². The molecule has 0 N–H and O–H groups in total. The monoisotopic (exact) mass is 353 g/mol. The Kier molecular flexibility index (Phi) is 7.32. The summed E-state index contributed by atoms with van der Waals surface area (Å²) in [6.45, 7) is 0.959. The summed E-state index contributed by atoms with van der Waals surface area (Å²) in [5, 5.41) is 0. The number of methoxy groups -OCH3 is 1. The summed E-state index contributed by atoms with van der Waals surface area (Å²) in [7, 11) is 1.79. The highest BCUT2D eigenvalue weighted by atomic mass is 79.9. The minimum Gasteiger partial charge on any atom is -0.385 e. The van der Waals surface area contributed by atoms with Gasteiger partial charge in [-0.3, -0.25) is 0 Å². The second-order valence-corrected chi connectivity index (χ2v) is 9.87. The van der Waals surface area contributed by atoms with E-state index in [9.17, 15) is 0 Å². The molecular weight excluding hydrogens is 328 g/mol. The van der Waals surface area contributed by atoms with Gasteiger partial charge in [0.25, 0.3) is 0 Å². The van der Waals surface area contributed by atoms with E-state index in [0.29, 0.717) is 0 Å². The van der Waals surface area contributed by atoms with Crippen molar-refractivity contribution in [1.82, 2.24) is 0 Å². The van der Waals surface area contributed by atoms with Crippen LogP contribution in [0.4, 0.5) is 0 Å². The molecule has 0 unspecified atom stereocenters. The van der Waals surface area contributed by atoms with Crippen LogP contribution in [-0.2, 0) is 11.2 Å². The number of rotatable bonds is 7. The fourth-order valence-electron chi connectivity index (χ4n) is 3.11. The van der Waals surface area contributed by atoms with Crippen molar-refractivity contribution in [3.63, 3.8) is 0 Å². The van der Waals surface area contributed by atoms with Gasteiger partial charge in [0.15, 0.2) is 0 Å². The maximum atomic E-state index is 5.16. The van der Waals surface area contributed by atoms with E-state index in [1.807, 2.05) is 7.11 Å². The van der Waals surface area contributed by atoms with E-state index in [1.165, 1.54) is 48.2 Å². The molecule has 0 spiro atoms. The van der Waals surface area contributed by atoms with Crippen molar-refractivity contribution < 1.29 is 4.74 Å². The van der Waals surface area contributed by atoms with Crippen LogP contribution in [0.5, 0.6) is 0 Å². The predicted molar refractivity (Wildman–Crippen MR) is 91.9 cm³/mol. The second kappa shape index (κ2) is 9.01. The number of hydrogen-bond donors (Lipinski definition) is 0. The zero-order valence-electron chi connectivity index (χ0n) is 12.5. The molecule has 3 heteroatoms. The average molecular weight is 354 g/mol. The molecule has 1 radical (unpaired) electrons. The maximum Gasteiger partial charge on any atom is 0.0480 e. The van der Waals surface area contributed by atoms with Crippen LogP contribution in [0, 0.1) is 5.92 Å². The van der Waals surface area contributed by atoms with Gasteiger partial charge in [0.1, 0.15) is 0 Å². The minimum atomic E-state index is -0.0267. The highest BCUT2D eigenvalue weighted by Gasteiger charge is 2.21. The Morgan fingerprint density at radius 1 is 1.20 bits per heavy atom. The van der Waals surface area contributed by atoms with Gasteiger partial charge in [-0.2, -0.15) is 0 Å². The molecule has 1 fully saturated rings. The fraction of sp³-hybridized carbons (Fsp3) is 0.647. The summed E-state index contributed by atoms with van der Waals surface area (Å²) in [5.41, 5.74) is 1.49. The van der Waals surface area contributed by atoms with Crippen molar-refractivity contribution in [3.8, 4) is 0 Å². The highest BCUT2D eigenvalue weighted by Crippen LogP contribution is 2.30. The van der Waals surface area contributed by atoms with Crippen LogP contribution in [0.25, 0.3) is 0 Å². The minimum absolute atomic E-state index is 0.0267. The summed E-state index contributed by atoms with van der Waals surface area (Å²) in [6.07, 6.45) is 6.89. The van der Waals surface area contributed by atoms with E-state index >= 15 is 0 Å². The lowest BCUT2D eigenvalue weighted by Crippen LogP contribution is -2.22. The van der Waals surface area contributed by atoms with E-state index in [0.717, 1.165) is 12.5 Å². The van der Waals surface area contributed by atoms with E-state index in [4.69, 9.17) is 4.74 Å². The van der Waals surface area contributed by atoms with Gasteiger partial charge in [0.2, 0.25) is 0 Å². The van der Waals surface area contributed by atoms with Gasteiger partial charge in [-0.25, -0.2) is 0 Å². The van der Waals surface area contributed by atoms with Crippen LogP contribution >= 0.6 is 15.9 Å². The summed E-state index contributed by atoms with van der Waals surface area (Å²) < 4.78 is 6.35. The van der Waals surface area contributed by atoms with Crippen LogP contribution in [0.15, 0.2) is 28.7 Å². The molecule has 0 aliphatic carbocycles. The Labute approximate surface area is 133 Å². The van der Waals surface area contributed by atoms with Crippen molar-refractivity contribution >= 4 is 24.7 Å². The Bertz CT molecular complexity index is 371. The first-order valence-corrected chi connectivity index (χ1v) is 10.8. The Morgan fingerprint density at radius 3 is 2.55 bits per heavy atom. The van der Waals surface area contributed by atoms with Crippen molar-refractivity contribution in [1.29, 1.82) is 0 Å². The maximum absolute atomic E-state index is 5.16. The van der Waals surface area contributed by atoms with Gasteiger partial charge in [-0.05, 0) is 42.9 Å². The first-order chi connectivity index (χ1) is 9.78. The van der Waals surface area contributed by atoms with Gasteiger partial charge in [-0.1, -0.05) is 59.0 Å². The van der Waals surface area contributed by atoms with Crippen molar-refractivity contribution in [3.05, 3.63) is 34.3 Å². The summed E-state index contributed by atoms with van der Waals surface area (Å²) in [4.78, 5) is 0. The molecule has 1 saturated heterocycles. The summed E-state index contributed by atoms with van der Waals surface area (Å²) in [6, 6.07) is 13.4. The van der Waals surface area contributed by atoms with Crippen molar-refractivity contribution in [2.75, 3.05) is 13.7 Å². The number of aryl methyl sites for hydroxylation is 1. The predicted octanol–water partition coefficient (Wildman–Crippen LogP) is 5.32. The van der Waals surface area contributed by atoms with Crippen molar-refractivity contribution in [2.45, 2.75) is 50.2 Å². The van der Waals surface area contributed by atoms with Gasteiger partial charge in [-0.15, -0.1) is 0 Å². The van der Waals surface area contributed by atoms with Gasteiger partial charge in [0.05, 0.1) is 0 Å². The van der Waals surface area contributed by atoms with Crippen LogP contribution in [0.1, 0.15) is 31.2 Å². The largest absolute Gasteiger partial charge is 0.385 e. The zero-order valence-corrected chi connectivity index (χ0v) is 15.1. The molecule has 20 heavy (non-hydrogen) atoms. The zero-order chi connectivity index (χ0) is 14.2. The molecule has 1 heterocycles. The molecule has 111 valence electrons. The lowest BCUT2D eigenvalue weighted by molar-refractivity contribution is 0.199. The lowest BCUT2D eigenvalue weighted by Gasteiger charge is -2.27. The van der Waals surface area contributed by atoms with Gasteiger partial charge >= 0.3 is 0 Å². The molecule has 1 aliphatic heterocycles. The molecule has 1 nitrogen and oxygen atoms in total. The number of ether oxygens (including phenoxy) is 1. The Balaban J connectivity index is 1.63.